The Kier molecular flexibility index (Phi) is 6.53. The predicted molar refractivity (Wildman–Crippen MR) is 115 cm³/mol. The number of nitrogens with zero attached hydrogens (tertiary/aromatic N) is 1. The summed E-state index contributed by atoms with van der Waals surface area (Å²) in [6.07, 6.45) is 1.86. The summed E-state index contributed by atoms with van der Waals surface area (Å²) < 4.78 is 0. The molecule has 4 nitrogen and oxygen atoms in total. The zero-order chi connectivity index (χ0) is 20.0. The van der Waals surface area contributed by atoms with Gasteiger partial charge in [0.05, 0.1) is 0 Å². The molecule has 1 aliphatic rings. The van der Waals surface area contributed by atoms with Crippen LogP contribution >= 0.6 is 0 Å². The number of nitrogens with one attached hydrogen (secondary N) is 2. The first-order valence-corrected chi connectivity index (χ1v) is 10.2. The molecule has 0 radical (unpaired) electrons. The molecule has 4 heteroatoms. The zero-order valence-electron chi connectivity index (χ0n) is 17.4. The highest BCUT2D eigenvalue weighted by Crippen LogP contribution is 2.25. The Morgan fingerprint density at radius 1 is 1.00 bits per heavy atom. The number of hydrogen-bond donors (Lipinski definition) is 2. The maximum absolute atomic E-state index is 13.4. The Labute approximate surface area is 169 Å². The van der Waals surface area contributed by atoms with Gasteiger partial charge < -0.3 is 5.32 Å². The van der Waals surface area contributed by atoms with Crippen molar-refractivity contribution in [3.8, 4) is 0 Å². The minimum absolute atomic E-state index is 0.105. The van der Waals surface area contributed by atoms with E-state index in [9.17, 15) is 4.79 Å². The molecule has 0 saturated carbocycles. The molecule has 0 bridgehead atoms. The van der Waals surface area contributed by atoms with E-state index in [0.29, 0.717) is 6.54 Å². The van der Waals surface area contributed by atoms with Gasteiger partial charge in [-0.05, 0) is 51.3 Å². The van der Waals surface area contributed by atoms with Crippen molar-refractivity contribution in [3.05, 3.63) is 71.8 Å². The number of carbonyl (C=O) groups excluding carboxylic acids is 1. The maximum atomic E-state index is 13.4. The Hall–Kier alpha value is -2.17. The highest BCUT2D eigenvalue weighted by molar-refractivity contribution is 5.87. The molecule has 2 N–H and O–H groups in total. The van der Waals surface area contributed by atoms with Gasteiger partial charge in [0.2, 0.25) is 5.91 Å². The normalized spacial score (nSPS) is 20.7. The molecular weight excluding hydrogens is 346 g/mol. The summed E-state index contributed by atoms with van der Waals surface area (Å²) in [7, 11) is 0. The largest absolute Gasteiger partial charge is 0.350 e. The molecule has 0 aromatic heterocycles. The number of rotatable bonds is 6. The number of likely N-dealkylation sites (tertiary alicyclic amines) is 1. The zero-order valence-corrected chi connectivity index (χ0v) is 17.4. The van der Waals surface area contributed by atoms with E-state index in [1.54, 1.807) is 0 Å². The molecule has 150 valence electrons. The molecule has 2 aromatic carbocycles. The summed E-state index contributed by atoms with van der Waals surface area (Å²) in [4.78, 5) is 15.8. The minimum Gasteiger partial charge on any atom is -0.350 e. The van der Waals surface area contributed by atoms with Crippen LogP contribution in [0.4, 0.5) is 0 Å². The number of benzene rings is 2. The molecule has 1 fully saturated rings. The Morgan fingerprint density at radius 2 is 1.61 bits per heavy atom. The number of amides is 1. The van der Waals surface area contributed by atoms with Gasteiger partial charge in [0, 0.05) is 25.2 Å². The van der Waals surface area contributed by atoms with E-state index in [4.69, 9.17) is 0 Å². The monoisotopic (exact) mass is 379 g/mol. The molecule has 1 saturated heterocycles. The SMILES string of the molecule is CC(C)(C)NC(=O)C1(NCc2ccccc2)CCCN(Cc2ccccc2)C1. The van der Waals surface area contributed by atoms with Crippen molar-refractivity contribution >= 4 is 5.91 Å². The van der Waals surface area contributed by atoms with Crippen LogP contribution in [0.2, 0.25) is 0 Å². The summed E-state index contributed by atoms with van der Waals surface area (Å²) in [5, 5.41) is 6.86. The fourth-order valence-electron chi connectivity index (χ4n) is 3.86. The molecule has 1 unspecified atom stereocenters. The van der Waals surface area contributed by atoms with Gasteiger partial charge in [-0.25, -0.2) is 0 Å². The first kappa shape index (κ1) is 20.6. The van der Waals surface area contributed by atoms with Crippen LogP contribution in [0.15, 0.2) is 60.7 Å². The Morgan fingerprint density at radius 3 is 2.21 bits per heavy atom. The van der Waals surface area contributed by atoms with E-state index in [0.717, 1.165) is 32.5 Å². The summed E-state index contributed by atoms with van der Waals surface area (Å²) in [5.41, 5.74) is 1.67. The van der Waals surface area contributed by atoms with Gasteiger partial charge in [-0.15, -0.1) is 0 Å². The Balaban J connectivity index is 1.77. The quantitative estimate of drug-likeness (QED) is 0.804. The van der Waals surface area contributed by atoms with Crippen LogP contribution < -0.4 is 10.6 Å². The molecular formula is C24H33N3O. The average molecular weight is 380 g/mol. The van der Waals surface area contributed by atoms with E-state index < -0.39 is 5.54 Å². The van der Waals surface area contributed by atoms with Crippen LogP contribution in [-0.4, -0.2) is 35.0 Å². The smallest absolute Gasteiger partial charge is 0.242 e. The summed E-state index contributed by atoms with van der Waals surface area (Å²) in [6.45, 7) is 9.43. The maximum Gasteiger partial charge on any atom is 0.242 e. The number of carbonyl (C=O) groups is 1. The van der Waals surface area contributed by atoms with Crippen LogP contribution in [-0.2, 0) is 17.9 Å². The van der Waals surface area contributed by atoms with Crippen molar-refractivity contribution in [1.29, 1.82) is 0 Å². The van der Waals surface area contributed by atoms with Crippen LogP contribution in [0.1, 0.15) is 44.7 Å². The van der Waals surface area contributed by atoms with E-state index in [1.165, 1.54) is 11.1 Å². The Bertz CT molecular complexity index is 754. The molecule has 2 aromatic rings. The van der Waals surface area contributed by atoms with E-state index in [-0.39, 0.29) is 11.4 Å². The first-order valence-electron chi connectivity index (χ1n) is 10.2. The van der Waals surface area contributed by atoms with E-state index >= 15 is 0 Å². The van der Waals surface area contributed by atoms with Gasteiger partial charge in [-0.2, -0.15) is 0 Å². The van der Waals surface area contributed by atoms with Crippen molar-refractivity contribution in [3.63, 3.8) is 0 Å². The van der Waals surface area contributed by atoms with Gasteiger partial charge in [0.1, 0.15) is 5.54 Å². The summed E-state index contributed by atoms with van der Waals surface area (Å²) in [6, 6.07) is 20.8. The number of hydrogen-bond acceptors (Lipinski definition) is 3. The van der Waals surface area contributed by atoms with Gasteiger partial charge in [0.15, 0.2) is 0 Å². The van der Waals surface area contributed by atoms with Gasteiger partial charge >= 0.3 is 0 Å². The third-order valence-electron chi connectivity index (χ3n) is 5.22. The minimum atomic E-state index is -0.573. The van der Waals surface area contributed by atoms with Crippen LogP contribution in [0, 0.1) is 0 Å². The second-order valence-electron chi connectivity index (χ2n) is 8.93. The van der Waals surface area contributed by atoms with Crippen molar-refractivity contribution in [2.45, 2.75) is 57.8 Å². The van der Waals surface area contributed by atoms with E-state index in [2.05, 4.69) is 51.9 Å². The lowest BCUT2D eigenvalue weighted by atomic mass is 9.86. The topological polar surface area (TPSA) is 44.4 Å². The van der Waals surface area contributed by atoms with Crippen molar-refractivity contribution < 1.29 is 4.79 Å². The van der Waals surface area contributed by atoms with Gasteiger partial charge in [0.25, 0.3) is 0 Å². The highest BCUT2D eigenvalue weighted by atomic mass is 16.2. The fourth-order valence-corrected chi connectivity index (χ4v) is 3.86. The molecule has 1 amide bonds. The summed E-state index contributed by atoms with van der Waals surface area (Å²) >= 11 is 0. The molecule has 1 aliphatic heterocycles. The second kappa shape index (κ2) is 8.89. The number of piperidine rings is 1. The fraction of sp³-hybridized carbons (Fsp3) is 0.458. The second-order valence-corrected chi connectivity index (χ2v) is 8.93. The third-order valence-corrected chi connectivity index (χ3v) is 5.22. The third kappa shape index (κ3) is 5.66. The van der Waals surface area contributed by atoms with Crippen LogP contribution in [0.25, 0.3) is 0 Å². The van der Waals surface area contributed by atoms with Gasteiger partial charge in [-0.3, -0.25) is 15.0 Å². The molecule has 1 atom stereocenters. The molecule has 0 spiro atoms. The predicted octanol–water partition coefficient (Wildman–Crippen LogP) is 3.73. The standard InChI is InChI=1S/C24H33N3O/c1-23(2,3)26-22(28)24(25-17-20-11-6-4-7-12-20)15-10-16-27(19-24)18-21-13-8-5-9-14-21/h4-9,11-14,25H,10,15-19H2,1-3H3,(H,26,28). The lowest BCUT2D eigenvalue weighted by molar-refractivity contribution is -0.131. The average Bonchev–Trinajstić information content (AvgIpc) is 2.67. The van der Waals surface area contributed by atoms with Crippen LogP contribution in [0.3, 0.4) is 0 Å². The molecule has 1 heterocycles. The van der Waals surface area contributed by atoms with Gasteiger partial charge in [-0.1, -0.05) is 60.7 Å². The first-order chi connectivity index (χ1) is 13.4. The molecule has 3 rings (SSSR count). The van der Waals surface area contributed by atoms with E-state index in [1.807, 2.05) is 45.0 Å². The summed E-state index contributed by atoms with van der Waals surface area (Å²) in [5.74, 6) is 0.105. The lowest BCUT2D eigenvalue weighted by Crippen LogP contribution is -2.66. The molecule has 28 heavy (non-hydrogen) atoms. The molecule has 0 aliphatic carbocycles. The van der Waals surface area contributed by atoms with Crippen LogP contribution in [0.5, 0.6) is 0 Å². The highest BCUT2D eigenvalue weighted by Gasteiger charge is 2.42. The van der Waals surface area contributed by atoms with Crippen molar-refractivity contribution in [2.75, 3.05) is 13.1 Å². The van der Waals surface area contributed by atoms with Crippen molar-refractivity contribution in [1.82, 2.24) is 15.5 Å². The van der Waals surface area contributed by atoms with Crippen molar-refractivity contribution in [2.24, 2.45) is 0 Å². The lowest BCUT2D eigenvalue weighted by Gasteiger charge is -2.43.